The summed E-state index contributed by atoms with van der Waals surface area (Å²) in [6.45, 7) is 1.26. The van der Waals surface area contributed by atoms with Crippen LogP contribution in [-0.4, -0.2) is 38.3 Å². The Bertz CT molecular complexity index is 833. The van der Waals surface area contributed by atoms with Crippen molar-refractivity contribution in [2.75, 3.05) is 25.6 Å². The minimum Gasteiger partial charge on any atom is -0.490 e. The molecule has 1 N–H and O–H groups in total. The summed E-state index contributed by atoms with van der Waals surface area (Å²) in [5.74, 6) is -0.195. The SMILES string of the molecule is COC(=O)c1ccccc1NC(=O)c1ccc(OCC2CCCO2)c(Br)c1. The summed E-state index contributed by atoms with van der Waals surface area (Å²) in [6.07, 6.45) is 2.17. The van der Waals surface area contributed by atoms with E-state index in [2.05, 4.69) is 21.2 Å². The Kier molecular flexibility index (Phi) is 6.47. The van der Waals surface area contributed by atoms with Crippen molar-refractivity contribution in [3.63, 3.8) is 0 Å². The van der Waals surface area contributed by atoms with Gasteiger partial charge in [-0.3, -0.25) is 4.79 Å². The van der Waals surface area contributed by atoms with Crippen LogP contribution >= 0.6 is 15.9 Å². The van der Waals surface area contributed by atoms with Crippen molar-refractivity contribution in [3.8, 4) is 5.75 Å². The maximum atomic E-state index is 12.6. The Morgan fingerprint density at radius 3 is 2.78 bits per heavy atom. The van der Waals surface area contributed by atoms with Crippen molar-refractivity contribution in [1.82, 2.24) is 0 Å². The summed E-state index contributed by atoms with van der Waals surface area (Å²) in [5.41, 5.74) is 1.12. The second-order valence-corrected chi connectivity index (χ2v) is 6.94. The van der Waals surface area contributed by atoms with Crippen LogP contribution in [0.4, 0.5) is 5.69 Å². The summed E-state index contributed by atoms with van der Waals surface area (Å²) in [5, 5.41) is 2.74. The van der Waals surface area contributed by atoms with Gasteiger partial charge in [0, 0.05) is 12.2 Å². The molecular weight excluding hydrogens is 414 g/mol. The topological polar surface area (TPSA) is 73.9 Å². The molecule has 1 atom stereocenters. The van der Waals surface area contributed by atoms with Gasteiger partial charge >= 0.3 is 5.97 Å². The van der Waals surface area contributed by atoms with Gasteiger partial charge in [-0.15, -0.1) is 0 Å². The number of anilines is 1. The van der Waals surface area contributed by atoms with Crippen molar-refractivity contribution < 1.29 is 23.8 Å². The molecule has 27 heavy (non-hydrogen) atoms. The van der Waals surface area contributed by atoms with Gasteiger partial charge in [-0.2, -0.15) is 0 Å². The van der Waals surface area contributed by atoms with Crippen molar-refractivity contribution in [1.29, 1.82) is 0 Å². The first kappa shape index (κ1) is 19.4. The molecule has 0 saturated carbocycles. The lowest BCUT2D eigenvalue weighted by atomic mass is 10.1. The van der Waals surface area contributed by atoms with Gasteiger partial charge in [-0.05, 0) is 59.1 Å². The molecule has 1 unspecified atom stereocenters. The van der Waals surface area contributed by atoms with Crippen LogP contribution in [0.5, 0.6) is 5.75 Å². The van der Waals surface area contributed by atoms with Crippen molar-refractivity contribution in [3.05, 3.63) is 58.1 Å². The molecule has 1 saturated heterocycles. The van der Waals surface area contributed by atoms with Crippen molar-refractivity contribution in [2.45, 2.75) is 18.9 Å². The maximum Gasteiger partial charge on any atom is 0.339 e. The molecule has 6 nitrogen and oxygen atoms in total. The molecular formula is C20H20BrNO5. The zero-order valence-electron chi connectivity index (χ0n) is 14.9. The maximum absolute atomic E-state index is 12.6. The minimum atomic E-state index is -0.509. The van der Waals surface area contributed by atoms with E-state index in [-0.39, 0.29) is 12.0 Å². The largest absolute Gasteiger partial charge is 0.490 e. The molecule has 0 radical (unpaired) electrons. The lowest BCUT2D eigenvalue weighted by molar-refractivity contribution is 0.0602. The monoisotopic (exact) mass is 433 g/mol. The number of para-hydroxylation sites is 1. The van der Waals surface area contributed by atoms with Crippen LogP contribution in [0.2, 0.25) is 0 Å². The van der Waals surface area contributed by atoms with Crippen molar-refractivity contribution in [2.24, 2.45) is 0 Å². The highest BCUT2D eigenvalue weighted by molar-refractivity contribution is 9.10. The number of methoxy groups -OCH3 is 1. The number of halogens is 1. The first-order valence-electron chi connectivity index (χ1n) is 8.61. The van der Waals surface area contributed by atoms with Gasteiger partial charge in [0.05, 0.1) is 28.9 Å². The van der Waals surface area contributed by atoms with E-state index >= 15 is 0 Å². The highest BCUT2D eigenvalue weighted by atomic mass is 79.9. The lowest BCUT2D eigenvalue weighted by Gasteiger charge is -2.14. The van der Waals surface area contributed by atoms with Gasteiger partial charge in [-0.25, -0.2) is 4.79 Å². The normalized spacial score (nSPS) is 16.0. The number of hydrogen-bond donors (Lipinski definition) is 1. The van der Waals surface area contributed by atoms with Gasteiger partial charge in [-0.1, -0.05) is 12.1 Å². The van der Waals surface area contributed by atoms with E-state index in [9.17, 15) is 9.59 Å². The fraction of sp³-hybridized carbons (Fsp3) is 0.300. The second kappa shape index (κ2) is 9.01. The Labute approximate surface area is 165 Å². The lowest BCUT2D eigenvalue weighted by Crippen LogP contribution is -2.17. The number of esters is 1. The fourth-order valence-corrected chi connectivity index (χ4v) is 3.29. The average molecular weight is 434 g/mol. The third-order valence-electron chi connectivity index (χ3n) is 4.22. The van der Waals surface area contributed by atoms with E-state index in [1.165, 1.54) is 7.11 Å². The minimum absolute atomic E-state index is 0.120. The van der Waals surface area contributed by atoms with Crippen LogP contribution in [0.25, 0.3) is 0 Å². The number of nitrogens with one attached hydrogen (secondary N) is 1. The number of carbonyl (C=O) groups excluding carboxylic acids is 2. The second-order valence-electron chi connectivity index (χ2n) is 6.08. The summed E-state index contributed by atoms with van der Waals surface area (Å²) < 4.78 is 16.7. The summed E-state index contributed by atoms with van der Waals surface area (Å²) in [6, 6.07) is 11.8. The van der Waals surface area contributed by atoms with Crippen LogP contribution in [0.15, 0.2) is 46.9 Å². The van der Waals surface area contributed by atoms with Crippen LogP contribution in [0, 0.1) is 0 Å². The van der Waals surface area contributed by atoms with Crippen LogP contribution in [0.1, 0.15) is 33.6 Å². The number of amides is 1. The van der Waals surface area contributed by atoms with Crippen LogP contribution < -0.4 is 10.1 Å². The van der Waals surface area contributed by atoms with E-state index < -0.39 is 5.97 Å². The Hall–Kier alpha value is -2.38. The highest BCUT2D eigenvalue weighted by Gasteiger charge is 2.18. The quantitative estimate of drug-likeness (QED) is 0.695. The van der Waals surface area contributed by atoms with Crippen LogP contribution in [-0.2, 0) is 9.47 Å². The van der Waals surface area contributed by atoms with Gasteiger partial charge in [0.2, 0.25) is 0 Å². The Balaban J connectivity index is 1.68. The molecule has 7 heteroatoms. The first-order valence-corrected chi connectivity index (χ1v) is 9.40. The number of hydrogen-bond acceptors (Lipinski definition) is 5. The molecule has 3 rings (SSSR count). The predicted octanol–water partition coefficient (Wildman–Crippen LogP) is 4.05. The van der Waals surface area contributed by atoms with E-state index in [1.807, 2.05) is 0 Å². The standard InChI is InChI=1S/C20H20BrNO5/c1-25-20(24)15-6-2-3-7-17(15)22-19(23)13-8-9-18(16(21)11-13)27-12-14-5-4-10-26-14/h2-3,6-9,11,14H,4-5,10,12H2,1H3,(H,22,23). The molecule has 0 bridgehead atoms. The Morgan fingerprint density at radius 1 is 1.26 bits per heavy atom. The number of benzene rings is 2. The van der Waals surface area contributed by atoms with E-state index in [4.69, 9.17) is 14.2 Å². The number of rotatable bonds is 6. The van der Waals surface area contributed by atoms with Crippen LogP contribution in [0.3, 0.4) is 0 Å². The smallest absolute Gasteiger partial charge is 0.339 e. The number of ether oxygens (including phenoxy) is 3. The third-order valence-corrected chi connectivity index (χ3v) is 4.84. The molecule has 0 aliphatic carbocycles. The molecule has 1 aliphatic heterocycles. The molecule has 0 aromatic heterocycles. The Morgan fingerprint density at radius 2 is 2.07 bits per heavy atom. The third kappa shape index (κ3) is 4.87. The summed E-state index contributed by atoms with van der Waals surface area (Å²) in [4.78, 5) is 24.4. The fourth-order valence-electron chi connectivity index (χ4n) is 2.79. The molecule has 142 valence electrons. The van der Waals surface area contributed by atoms with Gasteiger partial charge in [0.1, 0.15) is 12.4 Å². The zero-order chi connectivity index (χ0) is 19.2. The molecule has 1 aliphatic rings. The van der Waals surface area contributed by atoms with Gasteiger partial charge < -0.3 is 19.5 Å². The molecule has 2 aromatic rings. The zero-order valence-corrected chi connectivity index (χ0v) is 16.5. The number of carbonyl (C=O) groups is 2. The van der Waals surface area contributed by atoms with Gasteiger partial charge in [0.25, 0.3) is 5.91 Å². The highest BCUT2D eigenvalue weighted by Crippen LogP contribution is 2.27. The molecule has 0 spiro atoms. The van der Waals surface area contributed by atoms with E-state index in [0.717, 1.165) is 19.4 Å². The summed E-state index contributed by atoms with van der Waals surface area (Å²) >= 11 is 3.44. The molecule has 1 heterocycles. The molecule has 1 amide bonds. The van der Waals surface area contributed by atoms with E-state index in [1.54, 1.807) is 42.5 Å². The van der Waals surface area contributed by atoms with Crippen molar-refractivity contribution >= 4 is 33.5 Å². The molecule has 1 fully saturated rings. The molecule has 2 aromatic carbocycles. The average Bonchev–Trinajstić information content (AvgIpc) is 3.20. The first-order chi connectivity index (χ1) is 13.1. The van der Waals surface area contributed by atoms with Gasteiger partial charge in [0.15, 0.2) is 0 Å². The predicted molar refractivity (Wildman–Crippen MR) is 104 cm³/mol. The van der Waals surface area contributed by atoms with E-state index in [0.29, 0.717) is 33.6 Å². The summed E-state index contributed by atoms with van der Waals surface area (Å²) in [7, 11) is 1.30.